The second-order valence-corrected chi connectivity index (χ2v) is 12.4. The van der Waals surface area contributed by atoms with Crippen LogP contribution < -0.4 is 5.32 Å². The lowest BCUT2D eigenvalue weighted by atomic mass is 10.1. The Morgan fingerprint density at radius 3 is 2.52 bits per heavy atom. The molecule has 1 N–H and O–H groups in total. The normalized spacial score (nSPS) is 12.1. The van der Waals surface area contributed by atoms with E-state index in [0.717, 1.165) is 17.5 Å². The second kappa shape index (κ2) is 8.17. The number of carbonyl (C=O) groups excluding carboxylic acids is 1. The number of halogens is 1. The lowest BCUT2D eigenvalue weighted by Crippen LogP contribution is -2.40. The SMILES string of the molecule is COC(=O)NCCc1ccc(Cl)c(CO[Si](C)(C)C(C)(C)C)c1. The summed E-state index contributed by atoms with van der Waals surface area (Å²) in [6.45, 7) is 12.2. The molecule has 0 aliphatic carbocycles. The van der Waals surface area contributed by atoms with Crippen molar-refractivity contribution < 1.29 is 14.0 Å². The van der Waals surface area contributed by atoms with Gasteiger partial charge < -0.3 is 14.5 Å². The first kappa shape index (κ1) is 20.0. The predicted molar refractivity (Wildman–Crippen MR) is 97.5 cm³/mol. The van der Waals surface area contributed by atoms with Crippen LogP contribution in [0.2, 0.25) is 23.2 Å². The topological polar surface area (TPSA) is 47.6 Å². The molecule has 0 bridgehead atoms. The Balaban J connectivity index is 2.69. The molecule has 0 fully saturated rings. The maximum absolute atomic E-state index is 11.1. The standard InChI is InChI=1S/C17H28ClNO3Si/c1-17(2,3)23(5,6)22-12-14-11-13(7-8-15(14)18)9-10-19-16(20)21-4/h7-8,11H,9-10,12H2,1-6H3,(H,19,20). The van der Waals surface area contributed by atoms with E-state index in [1.165, 1.54) is 7.11 Å². The first-order chi connectivity index (χ1) is 10.6. The van der Waals surface area contributed by atoms with Gasteiger partial charge >= 0.3 is 6.09 Å². The van der Waals surface area contributed by atoms with Crippen molar-refractivity contribution in [2.45, 2.75) is 51.9 Å². The van der Waals surface area contributed by atoms with E-state index in [1.54, 1.807) is 0 Å². The highest BCUT2D eigenvalue weighted by atomic mass is 35.5. The van der Waals surface area contributed by atoms with Crippen LogP contribution in [0.3, 0.4) is 0 Å². The number of hydrogen-bond acceptors (Lipinski definition) is 3. The van der Waals surface area contributed by atoms with Gasteiger partial charge in [0.2, 0.25) is 0 Å². The van der Waals surface area contributed by atoms with Crippen LogP contribution in [0.1, 0.15) is 31.9 Å². The Morgan fingerprint density at radius 2 is 1.96 bits per heavy atom. The average Bonchev–Trinajstić information content (AvgIpc) is 2.46. The number of amides is 1. The van der Waals surface area contributed by atoms with Crippen molar-refractivity contribution in [3.05, 3.63) is 34.3 Å². The van der Waals surface area contributed by atoms with Crippen LogP contribution in [0.4, 0.5) is 4.79 Å². The van der Waals surface area contributed by atoms with Crippen LogP contribution in [0.25, 0.3) is 0 Å². The second-order valence-electron chi connectivity index (χ2n) is 7.14. The molecule has 0 heterocycles. The van der Waals surface area contributed by atoms with E-state index in [0.29, 0.717) is 18.2 Å². The summed E-state index contributed by atoms with van der Waals surface area (Å²) in [5, 5.41) is 3.56. The molecule has 0 saturated carbocycles. The van der Waals surface area contributed by atoms with Gasteiger partial charge in [-0.1, -0.05) is 44.5 Å². The lowest BCUT2D eigenvalue weighted by molar-refractivity contribution is 0.171. The molecule has 0 radical (unpaired) electrons. The zero-order valence-electron chi connectivity index (χ0n) is 15.0. The van der Waals surface area contributed by atoms with E-state index in [2.05, 4.69) is 50.0 Å². The summed E-state index contributed by atoms with van der Waals surface area (Å²) in [4.78, 5) is 11.1. The van der Waals surface area contributed by atoms with Crippen molar-refractivity contribution in [2.24, 2.45) is 0 Å². The van der Waals surface area contributed by atoms with E-state index >= 15 is 0 Å². The van der Waals surface area contributed by atoms with E-state index < -0.39 is 14.4 Å². The van der Waals surface area contributed by atoms with Crippen LogP contribution in [0.15, 0.2) is 18.2 Å². The Morgan fingerprint density at radius 1 is 1.30 bits per heavy atom. The van der Waals surface area contributed by atoms with Gasteiger partial charge in [0.25, 0.3) is 0 Å². The minimum Gasteiger partial charge on any atom is -0.453 e. The summed E-state index contributed by atoms with van der Waals surface area (Å²) in [5.74, 6) is 0. The van der Waals surface area contributed by atoms with Gasteiger partial charge in [-0.3, -0.25) is 0 Å². The molecule has 1 amide bonds. The maximum Gasteiger partial charge on any atom is 0.406 e. The van der Waals surface area contributed by atoms with Gasteiger partial charge in [-0.05, 0) is 41.7 Å². The molecule has 0 unspecified atom stereocenters. The Kier molecular flexibility index (Phi) is 7.11. The number of benzene rings is 1. The summed E-state index contributed by atoms with van der Waals surface area (Å²) in [7, 11) is -0.450. The fourth-order valence-electron chi connectivity index (χ4n) is 1.75. The van der Waals surface area contributed by atoms with Crippen molar-refractivity contribution in [1.82, 2.24) is 5.32 Å². The molecule has 0 spiro atoms. The average molecular weight is 358 g/mol. The highest BCUT2D eigenvalue weighted by molar-refractivity contribution is 6.74. The Labute approximate surface area is 145 Å². The molecular weight excluding hydrogens is 330 g/mol. The monoisotopic (exact) mass is 357 g/mol. The van der Waals surface area contributed by atoms with Crippen LogP contribution in [-0.4, -0.2) is 28.1 Å². The zero-order valence-corrected chi connectivity index (χ0v) is 16.7. The molecule has 0 aliphatic heterocycles. The smallest absolute Gasteiger partial charge is 0.406 e. The molecule has 4 nitrogen and oxygen atoms in total. The van der Waals surface area contributed by atoms with Gasteiger partial charge in [0.05, 0.1) is 13.7 Å². The Bertz CT molecular complexity index is 541. The summed E-state index contributed by atoms with van der Waals surface area (Å²) < 4.78 is 10.8. The zero-order chi connectivity index (χ0) is 17.7. The molecule has 1 aromatic carbocycles. The fraction of sp³-hybridized carbons (Fsp3) is 0.588. The maximum atomic E-state index is 11.1. The molecule has 0 aliphatic rings. The van der Waals surface area contributed by atoms with Gasteiger partial charge in [-0.2, -0.15) is 0 Å². The van der Waals surface area contributed by atoms with Gasteiger partial charge in [0.1, 0.15) is 0 Å². The third-order valence-corrected chi connectivity index (χ3v) is 9.22. The third-order valence-electron chi connectivity index (χ3n) is 4.37. The number of methoxy groups -OCH3 is 1. The number of carbonyl (C=O) groups is 1. The number of ether oxygens (including phenoxy) is 1. The molecule has 0 aromatic heterocycles. The van der Waals surface area contributed by atoms with Crippen molar-refractivity contribution >= 4 is 26.0 Å². The summed E-state index contributed by atoms with van der Waals surface area (Å²) in [6, 6.07) is 5.91. The number of rotatable bonds is 6. The molecule has 1 rings (SSSR count). The third kappa shape index (κ3) is 6.16. The van der Waals surface area contributed by atoms with E-state index in [9.17, 15) is 4.79 Å². The van der Waals surface area contributed by atoms with Crippen molar-refractivity contribution in [3.63, 3.8) is 0 Å². The van der Waals surface area contributed by atoms with Crippen LogP contribution in [-0.2, 0) is 22.2 Å². The van der Waals surface area contributed by atoms with Gasteiger partial charge in [-0.15, -0.1) is 0 Å². The van der Waals surface area contributed by atoms with E-state index in [-0.39, 0.29) is 5.04 Å². The van der Waals surface area contributed by atoms with E-state index in [4.69, 9.17) is 16.0 Å². The highest BCUT2D eigenvalue weighted by Crippen LogP contribution is 2.37. The lowest BCUT2D eigenvalue weighted by Gasteiger charge is -2.36. The minimum atomic E-state index is -1.81. The number of hydrogen-bond donors (Lipinski definition) is 1. The fourth-order valence-corrected chi connectivity index (χ4v) is 2.87. The molecule has 130 valence electrons. The predicted octanol–water partition coefficient (Wildman–Crippen LogP) is 4.76. The first-order valence-corrected chi connectivity index (χ1v) is 11.1. The number of nitrogens with one attached hydrogen (secondary N) is 1. The molecule has 1 aromatic rings. The van der Waals surface area contributed by atoms with Crippen molar-refractivity contribution in [2.75, 3.05) is 13.7 Å². The Hall–Kier alpha value is -1.04. The first-order valence-electron chi connectivity index (χ1n) is 7.80. The van der Waals surface area contributed by atoms with Crippen LogP contribution >= 0.6 is 11.6 Å². The molecule has 23 heavy (non-hydrogen) atoms. The van der Waals surface area contributed by atoms with Gasteiger partial charge in [-0.25, -0.2) is 4.79 Å². The minimum absolute atomic E-state index is 0.168. The molecular formula is C17H28ClNO3Si. The van der Waals surface area contributed by atoms with Crippen molar-refractivity contribution in [1.29, 1.82) is 0 Å². The quantitative estimate of drug-likeness (QED) is 0.746. The van der Waals surface area contributed by atoms with Gasteiger partial charge in [0, 0.05) is 11.6 Å². The van der Waals surface area contributed by atoms with Gasteiger partial charge in [0.15, 0.2) is 8.32 Å². The summed E-state index contributed by atoms with van der Waals surface area (Å²) in [6.07, 6.45) is 0.305. The number of alkyl carbamates (subject to hydrolysis) is 1. The largest absolute Gasteiger partial charge is 0.453 e. The summed E-state index contributed by atoms with van der Waals surface area (Å²) >= 11 is 6.29. The van der Waals surface area contributed by atoms with Crippen LogP contribution in [0, 0.1) is 0 Å². The molecule has 0 atom stereocenters. The van der Waals surface area contributed by atoms with Crippen LogP contribution in [0.5, 0.6) is 0 Å². The highest BCUT2D eigenvalue weighted by Gasteiger charge is 2.37. The molecule has 0 saturated heterocycles. The summed E-state index contributed by atoms with van der Waals surface area (Å²) in [5.41, 5.74) is 2.10. The van der Waals surface area contributed by atoms with E-state index in [1.807, 2.05) is 12.1 Å². The molecule has 6 heteroatoms. The van der Waals surface area contributed by atoms with Crippen molar-refractivity contribution in [3.8, 4) is 0 Å².